The summed E-state index contributed by atoms with van der Waals surface area (Å²) in [6.07, 6.45) is 1.24. The molecule has 0 saturated carbocycles. The number of hydrazine groups is 1. The number of nitrogen functional groups attached to an aromatic ring is 1. The van der Waals surface area contributed by atoms with Crippen molar-refractivity contribution in [2.24, 2.45) is 5.84 Å². The van der Waals surface area contributed by atoms with E-state index < -0.39 is 6.10 Å². The first-order chi connectivity index (χ1) is 8.61. The molecule has 5 heteroatoms. The molecule has 1 aromatic carbocycles. The molecule has 0 aromatic heterocycles. The number of hydrogen-bond acceptors (Lipinski definition) is 4. The van der Waals surface area contributed by atoms with E-state index in [9.17, 15) is 9.90 Å². The van der Waals surface area contributed by atoms with E-state index in [1.165, 1.54) is 0 Å². The van der Waals surface area contributed by atoms with Gasteiger partial charge in [-0.1, -0.05) is 0 Å². The molecule has 1 aromatic rings. The molecule has 18 heavy (non-hydrogen) atoms. The second kappa shape index (κ2) is 5.37. The van der Waals surface area contributed by atoms with Crippen LogP contribution in [0.1, 0.15) is 28.8 Å². The lowest BCUT2D eigenvalue weighted by Crippen LogP contribution is -2.42. The van der Waals surface area contributed by atoms with Crippen molar-refractivity contribution in [1.82, 2.24) is 4.90 Å². The second-order valence-corrected chi connectivity index (χ2v) is 4.72. The zero-order chi connectivity index (χ0) is 13.1. The largest absolute Gasteiger partial charge is 0.391 e. The lowest BCUT2D eigenvalue weighted by atomic mass is 10.0. The number of aliphatic hydroxyl groups is 1. The van der Waals surface area contributed by atoms with Gasteiger partial charge < -0.3 is 15.4 Å². The fraction of sp³-hybridized carbons (Fsp3) is 0.462. The topological polar surface area (TPSA) is 78.6 Å². The third-order valence-corrected chi connectivity index (χ3v) is 3.31. The Morgan fingerprint density at radius 1 is 1.56 bits per heavy atom. The monoisotopic (exact) mass is 249 g/mol. The highest BCUT2D eigenvalue weighted by molar-refractivity contribution is 5.96. The quantitative estimate of drug-likeness (QED) is 0.537. The number of rotatable bonds is 2. The number of aryl methyl sites for hydroxylation is 1. The molecule has 0 bridgehead atoms. The van der Waals surface area contributed by atoms with Gasteiger partial charge in [-0.05, 0) is 43.5 Å². The summed E-state index contributed by atoms with van der Waals surface area (Å²) in [7, 11) is 0. The molecule has 1 atom stereocenters. The highest BCUT2D eigenvalue weighted by Crippen LogP contribution is 2.19. The standard InChI is InChI=1S/C13H19N3O2/c1-9-7-10(15-14)4-5-12(9)13(18)16-6-2-3-11(17)8-16/h4-5,7,11,15,17H,2-3,6,8,14H2,1H3. The fourth-order valence-corrected chi connectivity index (χ4v) is 2.30. The third-order valence-electron chi connectivity index (χ3n) is 3.31. The molecule has 4 N–H and O–H groups in total. The molecule has 1 saturated heterocycles. The minimum Gasteiger partial charge on any atom is -0.391 e. The van der Waals surface area contributed by atoms with Gasteiger partial charge in [-0.3, -0.25) is 10.6 Å². The predicted octanol–water partition coefficient (Wildman–Crippen LogP) is 0.878. The summed E-state index contributed by atoms with van der Waals surface area (Å²) in [5.41, 5.74) is 4.89. The lowest BCUT2D eigenvalue weighted by Gasteiger charge is -2.30. The fourth-order valence-electron chi connectivity index (χ4n) is 2.30. The molecular formula is C13H19N3O2. The Labute approximate surface area is 107 Å². The van der Waals surface area contributed by atoms with E-state index in [0.717, 1.165) is 24.1 Å². The van der Waals surface area contributed by atoms with Crippen LogP contribution >= 0.6 is 0 Å². The number of piperidine rings is 1. The van der Waals surface area contributed by atoms with Gasteiger partial charge in [0.25, 0.3) is 5.91 Å². The Balaban J connectivity index is 2.17. The summed E-state index contributed by atoms with van der Waals surface area (Å²) >= 11 is 0. The van der Waals surface area contributed by atoms with Gasteiger partial charge in [-0.25, -0.2) is 0 Å². The Kier molecular flexibility index (Phi) is 3.84. The highest BCUT2D eigenvalue weighted by Gasteiger charge is 2.23. The van der Waals surface area contributed by atoms with Crippen LogP contribution in [-0.4, -0.2) is 35.1 Å². The maximum absolute atomic E-state index is 12.3. The average molecular weight is 249 g/mol. The number of likely N-dealkylation sites (tertiary alicyclic amines) is 1. The van der Waals surface area contributed by atoms with E-state index in [-0.39, 0.29) is 5.91 Å². The van der Waals surface area contributed by atoms with Crippen molar-refractivity contribution in [2.45, 2.75) is 25.9 Å². The van der Waals surface area contributed by atoms with Crippen LogP contribution < -0.4 is 11.3 Å². The van der Waals surface area contributed by atoms with Crippen LogP contribution in [0.4, 0.5) is 5.69 Å². The van der Waals surface area contributed by atoms with E-state index in [0.29, 0.717) is 18.7 Å². The van der Waals surface area contributed by atoms with Crippen LogP contribution in [-0.2, 0) is 0 Å². The zero-order valence-electron chi connectivity index (χ0n) is 10.5. The van der Waals surface area contributed by atoms with Crippen molar-refractivity contribution in [3.05, 3.63) is 29.3 Å². The summed E-state index contributed by atoms with van der Waals surface area (Å²) in [6, 6.07) is 5.39. The molecule has 1 aliphatic heterocycles. The number of aliphatic hydroxyl groups excluding tert-OH is 1. The molecule has 1 heterocycles. The second-order valence-electron chi connectivity index (χ2n) is 4.72. The first kappa shape index (κ1) is 12.9. The van der Waals surface area contributed by atoms with Crippen LogP contribution in [0.3, 0.4) is 0 Å². The van der Waals surface area contributed by atoms with E-state index in [4.69, 9.17) is 5.84 Å². The molecule has 0 spiro atoms. The van der Waals surface area contributed by atoms with Crippen LogP contribution in [0.2, 0.25) is 0 Å². The molecule has 0 aliphatic carbocycles. The summed E-state index contributed by atoms with van der Waals surface area (Å²) in [6.45, 7) is 3.02. The van der Waals surface area contributed by atoms with E-state index in [1.807, 2.05) is 13.0 Å². The van der Waals surface area contributed by atoms with Gasteiger partial charge in [0, 0.05) is 24.3 Å². The van der Waals surface area contributed by atoms with Crippen LogP contribution in [0.15, 0.2) is 18.2 Å². The number of nitrogens with zero attached hydrogens (tertiary/aromatic N) is 1. The number of nitrogens with one attached hydrogen (secondary N) is 1. The molecular weight excluding hydrogens is 230 g/mol. The van der Waals surface area contributed by atoms with Gasteiger partial charge in [0.05, 0.1) is 6.10 Å². The van der Waals surface area contributed by atoms with Crippen molar-refractivity contribution >= 4 is 11.6 Å². The molecule has 5 nitrogen and oxygen atoms in total. The Morgan fingerprint density at radius 2 is 2.33 bits per heavy atom. The van der Waals surface area contributed by atoms with Crippen molar-refractivity contribution < 1.29 is 9.90 Å². The Hall–Kier alpha value is -1.59. The summed E-state index contributed by atoms with van der Waals surface area (Å²) in [4.78, 5) is 14.0. The number of β-amino-alcohol motifs (C(OH)–C–C–N with tert-alkyl or cyclic N) is 1. The van der Waals surface area contributed by atoms with Crippen molar-refractivity contribution in [3.8, 4) is 0 Å². The number of carbonyl (C=O) groups is 1. The van der Waals surface area contributed by atoms with Crippen LogP contribution in [0.25, 0.3) is 0 Å². The number of hydrogen-bond donors (Lipinski definition) is 3. The summed E-state index contributed by atoms with van der Waals surface area (Å²) < 4.78 is 0. The minimum atomic E-state index is -0.395. The Bertz CT molecular complexity index is 448. The normalized spacial score (nSPS) is 19.7. The summed E-state index contributed by atoms with van der Waals surface area (Å²) in [5, 5.41) is 9.61. The van der Waals surface area contributed by atoms with Crippen molar-refractivity contribution in [2.75, 3.05) is 18.5 Å². The predicted molar refractivity (Wildman–Crippen MR) is 70.1 cm³/mol. The van der Waals surface area contributed by atoms with Crippen molar-refractivity contribution in [1.29, 1.82) is 0 Å². The maximum Gasteiger partial charge on any atom is 0.254 e. The number of anilines is 1. The number of carbonyl (C=O) groups excluding carboxylic acids is 1. The highest BCUT2D eigenvalue weighted by atomic mass is 16.3. The molecule has 98 valence electrons. The van der Waals surface area contributed by atoms with Gasteiger partial charge in [-0.2, -0.15) is 0 Å². The van der Waals surface area contributed by atoms with E-state index in [1.54, 1.807) is 17.0 Å². The van der Waals surface area contributed by atoms with Gasteiger partial charge >= 0.3 is 0 Å². The summed E-state index contributed by atoms with van der Waals surface area (Å²) in [5.74, 6) is 5.31. The average Bonchev–Trinajstić information content (AvgIpc) is 2.37. The first-order valence-electron chi connectivity index (χ1n) is 6.16. The number of nitrogens with two attached hydrogens (primary N) is 1. The van der Waals surface area contributed by atoms with Gasteiger partial charge in [-0.15, -0.1) is 0 Å². The van der Waals surface area contributed by atoms with Gasteiger partial charge in [0.15, 0.2) is 0 Å². The van der Waals surface area contributed by atoms with Crippen molar-refractivity contribution in [3.63, 3.8) is 0 Å². The lowest BCUT2D eigenvalue weighted by molar-refractivity contribution is 0.0473. The molecule has 0 radical (unpaired) electrons. The van der Waals surface area contributed by atoms with E-state index >= 15 is 0 Å². The molecule has 1 amide bonds. The minimum absolute atomic E-state index is 0.0187. The molecule has 1 fully saturated rings. The molecule has 1 aliphatic rings. The number of amides is 1. The SMILES string of the molecule is Cc1cc(NN)ccc1C(=O)N1CCCC(O)C1. The zero-order valence-corrected chi connectivity index (χ0v) is 10.5. The van der Waals surface area contributed by atoms with Gasteiger partial charge in [0.2, 0.25) is 0 Å². The molecule has 1 unspecified atom stereocenters. The molecule has 2 rings (SSSR count). The third kappa shape index (κ3) is 2.63. The van der Waals surface area contributed by atoms with Crippen LogP contribution in [0, 0.1) is 6.92 Å². The smallest absolute Gasteiger partial charge is 0.254 e. The van der Waals surface area contributed by atoms with Crippen LogP contribution in [0.5, 0.6) is 0 Å². The first-order valence-corrected chi connectivity index (χ1v) is 6.16. The number of benzene rings is 1. The maximum atomic E-state index is 12.3. The Morgan fingerprint density at radius 3 is 2.94 bits per heavy atom. The van der Waals surface area contributed by atoms with E-state index in [2.05, 4.69) is 5.43 Å². The van der Waals surface area contributed by atoms with Gasteiger partial charge in [0.1, 0.15) is 0 Å².